The third-order valence-electron chi connectivity index (χ3n) is 3.01. The van der Waals surface area contributed by atoms with Gasteiger partial charge in [0.05, 0.1) is 17.7 Å². The highest BCUT2D eigenvalue weighted by Gasteiger charge is 2.32. The van der Waals surface area contributed by atoms with Gasteiger partial charge in [0.15, 0.2) is 0 Å². The van der Waals surface area contributed by atoms with Gasteiger partial charge in [-0.3, -0.25) is 4.90 Å². The van der Waals surface area contributed by atoms with Crippen molar-refractivity contribution in [3.05, 3.63) is 28.2 Å². The Labute approximate surface area is 127 Å². The molecule has 0 spiro atoms. The molecule has 1 unspecified atom stereocenters. The number of carbonyl (C=O) groups excluding carboxylic acids is 1. The van der Waals surface area contributed by atoms with Crippen LogP contribution in [0.1, 0.15) is 26.3 Å². The third-order valence-corrected chi connectivity index (χ3v) is 3.65. The lowest BCUT2D eigenvalue weighted by Crippen LogP contribution is -2.43. The van der Waals surface area contributed by atoms with Crippen LogP contribution in [0.5, 0.6) is 0 Å². The Bertz CT molecular complexity index is 572. The summed E-state index contributed by atoms with van der Waals surface area (Å²) >= 11 is 3.48. The van der Waals surface area contributed by atoms with E-state index in [4.69, 9.17) is 4.74 Å². The number of benzene rings is 1. The van der Waals surface area contributed by atoms with Crippen molar-refractivity contribution in [3.8, 4) is 6.07 Å². The summed E-state index contributed by atoms with van der Waals surface area (Å²) in [7, 11) is 0. The molecule has 1 aromatic carbocycles. The zero-order chi connectivity index (χ0) is 14.9. The minimum Gasteiger partial charge on any atom is -0.443 e. The number of carbonyl (C=O) groups is 1. The number of nitriles is 1. The zero-order valence-electron chi connectivity index (χ0n) is 11.8. The number of ether oxygens (including phenoxy) is 1. The highest BCUT2D eigenvalue weighted by molar-refractivity contribution is 9.10. The van der Waals surface area contributed by atoms with Crippen LogP contribution in [0.25, 0.3) is 0 Å². The standard InChI is InChI=1S/C15H17BrN2O2/c1-15(2,3)20-14(19)18-9-10(8-17)7-11-5-4-6-12(16)13(11)18/h4-6,10H,7,9H2,1-3H3. The summed E-state index contributed by atoms with van der Waals surface area (Å²) in [6.45, 7) is 5.85. The van der Waals surface area contributed by atoms with Crippen molar-refractivity contribution < 1.29 is 9.53 Å². The normalized spacial score (nSPS) is 18.1. The average Bonchev–Trinajstić information content (AvgIpc) is 2.35. The van der Waals surface area contributed by atoms with Crippen molar-refractivity contribution in [1.82, 2.24) is 0 Å². The van der Waals surface area contributed by atoms with E-state index in [0.29, 0.717) is 13.0 Å². The molecule has 0 fully saturated rings. The number of nitrogens with zero attached hydrogens (tertiary/aromatic N) is 2. The Morgan fingerprint density at radius 1 is 1.50 bits per heavy atom. The van der Waals surface area contributed by atoms with E-state index in [0.717, 1.165) is 15.7 Å². The molecule has 1 aliphatic rings. The largest absolute Gasteiger partial charge is 0.443 e. The summed E-state index contributed by atoms with van der Waals surface area (Å²) in [4.78, 5) is 13.9. The molecule has 5 heteroatoms. The molecule has 1 heterocycles. The van der Waals surface area contributed by atoms with E-state index in [9.17, 15) is 10.1 Å². The summed E-state index contributed by atoms with van der Waals surface area (Å²) < 4.78 is 6.28. The number of halogens is 1. The molecule has 1 amide bonds. The van der Waals surface area contributed by atoms with E-state index in [2.05, 4.69) is 22.0 Å². The molecule has 0 bridgehead atoms. The van der Waals surface area contributed by atoms with Crippen LogP contribution in [0.4, 0.5) is 10.5 Å². The molecule has 1 atom stereocenters. The third kappa shape index (κ3) is 3.13. The Morgan fingerprint density at radius 2 is 2.20 bits per heavy atom. The fraction of sp³-hybridized carbons (Fsp3) is 0.467. The fourth-order valence-corrected chi connectivity index (χ4v) is 2.86. The summed E-state index contributed by atoms with van der Waals surface area (Å²) in [5, 5.41) is 9.18. The lowest BCUT2D eigenvalue weighted by Gasteiger charge is -2.34. The van der Waals surface area contributed by atoms with Crippen molar-refractivity contribution in [1.29, 1.82) is 5.26 Å². The Hall–Kier alpha value is -1.54. The number of amides is 1. The number of hydrogen-bond acceptors (Lipinski definition) is 3. The molecule has 0 N–H and O–H groups in total. The second kappa shape index (κ2) is 5.45. The molecule has 0 saturated heterocycles. The van der Waals surface area contributed by atoms with Crippen molar-refractivity contribution in [2.75, 3.05) is 11.4 Å². The Kier molecular flexibility index (Phi) is 4.05. The molecule has 1 aromatic rings. The van der Waals surface area contributed by atoms with E-state index < -0.39 is 11.7 Å². The van der Waals surface area contributed by atoms with E-state index in [1.165, 1.54) is 0 Å². The topological polar surface area (TPSA) is 53.3 Å². The minimum atomic E-state index is -0.557. The molecule has 2 rings (SSSR count). The van der Waals surface area contributed by atoms with Gasteiger partial charge in [0.1, 0.15) is 5.60 Å². The molecule has 1 aliphatic heterocycles. The van der Waals surface area contributed by atoms with Gasteiger partial charge in [-0.1, -0.05) is 12.1 Å². The van der Waals surface area contributed by atoms with Gasteiger partial charge in [0, 0.05) is 11.0 Å². The van der Waals surface area contributed by atoms with Crippen molar-refractivity contribution in [2.45, 2.75) is 32.8 Å². The van der Waals surface area contributed by atoms with Gasteiger partial charge in [-0.25, -0.2) is 4.79 Å². The number of hydrogen-bond donors (Lipinski definition) is 0. The highest BCUT2D eigenvalue weighted by atomic mass is 79.9. The summed E-state index contributed by atoms with van der Waals surface area (Å²) in [6.07, 6.45) is 0.246. The van der Waals surface area contributed by atoms with Gasteiger partial charge in [-0.05, 0) is 54.8 Å². The van der Waals surface area contributed by atoms with Crippen LogP contribution in [0.15, 0.2) is 22.7 Å². The van der Waals surface area contributed by atoms with Gasteiger partial charge in [-0.15, -0.1) is 0 Å². The highest BCUT2D eigenvalue weighted by Crippen LogP contribution is 2.36. The SMILES string of the molecule is CC(C)(C)OC(=O)N1CC(C#N)Cc2cccc(Br)c21. The minimum absolute atomic E-state index is 0.204. The van der Waals surface area contributed by atoms with Crippen LogP contribution in [-0.4, -0.2) is 18.2 Å². The van der Waals surface area contributed by atoms with Gasteiger partial charge >= 0.3 is 6.09 Å². The van der Waals surface area contributed by atoms with Crippen molar-refractivity contribution in [2.24, 2.45) is 5.92 Å². The lowest BCUT2D eigenvalue weighted by atomic mass is 9.94. The summed E-state index contributed by atoms with van der Waals surface area (Å²) in [5.41, 5.74) is 1.24. The first-order valence-corrected chi connectivity index (χ1v) is 7.28. The molecule has 0 aromatic heterocycles. The van der Waals surface area contributed by atoms with E-state index in [1.807, 2.05) is 39.0 Å². The van der Waals surface area contributed by atoms with Gasteiger partial charge in [-0.2, -0.15) is 5.26 Å². The smallest absolute Gasteiger partial charge is 0.414 e. The maximum atomic E-state index is 12.4. The van der Waals surface area contributed by atoms with E-state index in [-0.39, 0.29) is 5.92 Å². The van der Waals surface area contributed by atoms with Crippen LogP contribution in [0, 0.1) is 17.2 Å². The molecule has 0 aliphatic carbocycles. The second-order valence-corrected chi connectivity index (χ2v) is 6.72. The van der Waals surface area contributed by atoms with Crippen molar-refractivity contribution in [3.63, 3.8) is 0 Å². The zero-order valence-corrected chi connectivity index (χ0v) is 13.4. The maximum Gasteiger partial charge on any atom is 0.414 e. The maximum absolute atomic E-state index is 12.4. The number of para-hydroxylation sites is 1. The summed E-state index contributed by atoms with van der Waals surface area (Å²) in [5.74, 6) is -0.204. The number of anilines is 1. The predicted molar refractivity (Wildman–Crippen MR) is 80.5 cm³/mol. The Balaban J connectivity index is 2.39. The molecular formula is C15H17BrN2O2. The molecule has 0 radical (unpaired) electrons. The van der Waals surface area contributed by atoms with Crippen LogP contribution in [-0.2, 0) is 11.2 Å². The average molecular weight is 337 g/mol. The Morgan fingerprint density at radius 3 is 2.80 bits per heavy atom. The fourth-order valence-electron chi connectivity index (χ4n) is 2.24. The van der Waals surface area contributed by atoms with Gasteiger partial charge in [0.2, 0.25) is 0 Å². The molecule has 0 saturated carbocycles. The van der Waals surface area contributed by atoms with E-state index >= 15 is 0 Å². The monoisotopic (exact) mass is 336 g/mol. The molecule has 20 heavy (non-hydrogen) atoms. The van der Waals surface area contributed by atoms with E-state index in [1.54, 1.807) is 4.90 Å². The van der Waals surface area contributed by atoms with Crippen LogP contribution in [0.2, 0.25) is 0 Å². The quantitative estimate of drug-likeness (QED) is 0.722. The van der Waals surface area contributed by atoms with Crippen LogP contribution >= 0.6 is 15.9 Å². The first-order chi connectivity index (χ1) is 9.31. The number of rotatable bonds is 0. The van der Waals surface area contributed by atoms with Crippen LogP contribution < -0.4 is 4.90 Å². The van der Waals surface area contributed by atoms with Gasteiger partial charge in [0.25, 0.3) is 0 Å². The summed E-state index contributed by atoms with van der Waals surface area (Å²) in [6, 6.07) is 8.00. The molecule has 4 nitrogen and oxygen atoms in total. The predicted octanol–water partition coefficient (Wildman–Crippen LogP) is 3.89. The second-order valence-electron chi connectivity index (χ2n) is 5.87. The lowest BCUT2D eigenvalue weighted by molar-refractivity contribution is 0.0574. The number of fused-ring (bicyclic) bond motifs is 1. The molecular weight excluding hydrogens is 320 g/mol. The molecule has 106 valence electrons. The van der Waals surface area contributed by atoms with Crippen LogP contribution in [0.3, 0.4) is 0 Å². The van der Waals surface area contributed by atoms with Crippen molar-refractivity contribution >= 4 is 27.7 Å². The first-order valence-electron chi connectivity index (χ1n) is 6.49. The first kappa shape index (κ1) is 14.9. The van der Waals surface area contributed by atoms with Gasteiger partial charge < -0.3 is 4.74 Å².